The summed E-state index contributed by atoms with van der Waals surface area (Å²) in [4.78, 5) is 11.7. The fourth-order valence-electron chi connectivity index (χ4n) is 1.85. The molecule has 0 aliphatic carbocycles. The van der Waals surface area contributed by atoms with Crippen molar-refractivity contribution in [1.82, 2.24) is 5.32 Å². The third-order valence-corrected chi connectivity index (χ3v) is 2.88. The van der Waals surface area contributed by atoms with Crippen molar-refractivity contribution in [3.8, 4) is 0 Å². The molecule has 2 aromatic rings. The van der Waals surface area contributed by atoms with Crippen LogP contribution in [-0.2, 0) is 11.2 Å². The van der Waals surface area contributed by atoms with Gasteiger partial charge in [0.2, 0.25) is 5.91 Å². The molecule has 3 heteroatoms. The number of nitrogens with one attached hydrogen (secondary N) is 1. The van der Waals surface area contributed by atoms with Crippen molar-refractivity contribution < 1.29 is 9.90 Å². The van der Waals surface area contributed by atoms with Crippen molar-refractivity contribution in [2.75, 3.05) is 6.54 Å². The van der Waals surface area contributed by atoms with Gasteiger partial charge in [-0.25, -0.2) is 0 Å². The number of hydrogen-bond acceptors (Lipinski definition) is 2. The molecule has 0 saturated heterocycles. The molecule has 0 unspecified atom stereocenters. The Balaban J connectivity index is 1.81. The van der Waals surface area contributed by atoms with Crippen LogP contribution in [0.3, 0.4) is 0 Å². The van der Waals surface area contributed by atoms with Crippen LogP contribution in [0.2, 0.25) is 0 Å². The average Bonchev–Trinajstić information content (AvgIpc) is 2.47. The number of aliphatic hydroxyl groups is 1. The lowest BCUT2D eigenvalue weighted by Crippen LogP contribution is -2.29. The Labute approximate surface area is 112 Å². The molecule has 19 heavy (non-hydrogen) atoms. The molecule has 0 fully saturated rings. The highest BCUT2D eigenvalue weighted by Gasteiger charge is 2.09. The molecular formula is C16H17NO2. The summed E-state index contributed by atoms with van der Waals surface area (Å²) in [6.45, 7) is 0.232. The first-order chi connectivity index (χ1) is 9.25. The van der Waals surface area contributed by atoms with Gasteiger partial charge in [-0.2, -0.15) is 0 Å². The van der Waals surface area contributed by atoms with E-state index in [1.807, 2.05) is 60.7 Å². The summed E-state index contributed by atoms with van der Waals surface area (Å²) in [5.74, 6) is -0.0822. The van der Waals surface area contributed by atoms with Crippen LogP contribution in [0.15, 0.2) is 60.7 Å². The summed E-state index contributed by atoms with van der Waals surface area (Å²) in [6.07, 6.45) is -0.330. The van der Waals surface area contributed by atoms with E-state index in [9.17, 15) is 9.90 Å². The van der Waals surface area contributed by atoms with E-state index < -0.39 is 6.10 Å². The van der Waals surface area contributed by atoms with Gasteiger partial charge in [-0.15, -0.1) is 0 Å². The number of amides is 1. The SMILES string of the molecule is O=C(Cc1ccccc1)NC[C@H](O)c1ccccc1. The molecule has 0 aliphatic rings. The van der Waals surface area contributed by atoms with Crippen LogP contribution in [0.1, 0.15) is 17.2 Å². The van der Waals surface area contributed by atoms with Crippen LogP contribution in [-0.4, -0.2) is 17.6 Å². The molecule has 2 N–H and O–H groups in total. The maximum atomic E-state index is 11.7. The fraction of sp³-hybridized carbons (Fsp3) is 0.188. The van der Waals surface area contributed by atoms with Crippen LogP contribution in [0.5, 0.6) is 0 Å². The normalized spacial score (nSPS) is 11.8. The molecule has 2 rings (SSSR count). The Kier molecular flexibility index (Phi) is 4.70. The minimum absolute atomic E-state index is 0.0822. The Morgan fingerprint density at radius 2 is 1.58 bits per heavy atom. The third kappa shape index (κ3) is 4.23. The number of benzene rings is 2. The van der Waals surface area contributed by atoms with Gasteiger partial charge in [-0.1, -0.05) is 60.7 Å². The van der Waals surface area contributed by atoms with Crippen LogP contribution in [0.25, 0.3) is 0 Å². The van der Waals surface area contributed by atoms with Gasteiger partial charge in [-0.05, 0) is 11.1 Å². The monoisotopic (exact) mass is 255 g/mol. The zero-order chi connectivity index (χ0) is 13.5. The number of aliphatic hydroxyl groups excluding tert-OH is 1. The van der Waals surface area contributed by atoms with Crippen molar-refractivity contribution in [1.29, 1.82) is 0 Å². The van der Waals surface area contributed by atoms with Gasteiger partial charge in [0.25, 0.3) is 0 Å². The van der Waals surface area contributed by atoms with Crippen LogP contribution >= 0.6 is 0 Å². The average molecular weight is 255 g/mol. The molecule has 0 heterocycles. The minimum atomic E-state index is -0.666. The third-order valence-electron chi connectivity index (χ3n) is 2.88. The van der Waals surface area contributed by atoms with E-state index in [0.717, 1.165) is 11.1 Å². The lowest BCUT2D eigenvalue weighted by molar-refractivity contribution is -0.120. The van der Waals surface area contributed by atoms with Crippen molar-refractivity contribution >= 4 is 5.91 Å². The zero-order valence-electron chi connectivity index (χ0n) is 10.6. The molecular weight excluding hydrogens is 238 g/mol. The second kappa shape index (κ2) is 6.71. The van der Waals surface area contributed by atoms with E-state index in [1.165, 1.54) is 0 Å². The van der Waals surface area contributed by atoms with Gasteiger partial charge in [0.05, 0.1) is 12.5 Å². The number of carbonyl (C=O) groups excluding carboxylic acids is 1. The summed E-state index contributed by atoms with van der Waals surface area (Å²) in [5.41, 5.74) is 1.77. The molecule has 98 valence electrons. The van der Waals surface area contributed by atoms with Gasteiger partial charge >= 0.3 is 0 Å². The molecule has 0 aliphatic heterocycles. The predicted molar refractivity (Wildman–Crippen MR) is 74.6 cm³/mol. The summed E-state index contributed by atoms with van der Waals surface area (Å²) in [6, 6.07) is 18.9. The van der Waals surface area contributed by atoms with Crippen molar-refractivity contribution in [3.63, 3.8) is 0 Å². The van der Waals surface area contributed by atoms with Gasteiger partial charge in [0.1, 0.15) is 0 Å². The molecule has 2 aromatic carbocycles. The first-order valence-electron chi connectivity index (χ1n) is 6.29. The Bertz CT molecular complexity index is 511. The van der Waals surface area contributed by atoms with Gasteiger partial charge in [0, 0.05) is 6.54 Å². The number of carbonyl (C=O) groups is 1. The molecule has 3 nitrogen and oxygen atoms in total. The summed E-state index contributed by atoms with van der Waals surface area (Å²) < 4.78 is 0. The predicted octanol–water partition coefficient (Wildman–Crippen LogP) is 2.08. The van der Waals surface area contributed by atoms with E-state index in [0.29, 0.717) is 6.42 Å². The highest BCUT2D eigenvalue weighted by Crippen LogP contribution is 2.10. The Hall–Kier alpha value is -2.13. The quantitative estimate of drug-likeness (QED) is 0.859. The first kappa shape index (κ1) is 13.3. The van der Waals surface area contributed by atoms with Crippen molar-refractivity contribution in [2.45, 2.75) is 12.5 Å². The lowest BCUT2D eigenvalue weighted by Gasteiger charge is -2.12. The molecule has 0 radical (unpaired) electrons. The molecule has 0 aromatic heterocycles. The molecule has 0 bridgehead atoms. The largest absolute Gasteiger partial charge is 0.387 e. The molecule has 0 spiro atoms. The van der Waals surface area contributed by atoms with Crippen molar-refractivity contribution in [3.05, 3.63) is 71.8 Å². The van der Waals surface area contributed by atoms with Gasteiger partial charge in [0.15, 0.2) is 0 Å². The van der Waals surface area contributed by atoms with Crippen LogP contribution in [0.4, 0.5) is 0 Å². The van der Waals surface area contributed by atoms with Gasteiger partial charge in [-0.3, -0.25) is 4.79 Å². The zero-order valence-corrected chi connectivity index (χ0v) is 10.6. The molecule has 1 atom stereocenters. The Morgan fingerprint density at radius 3 is 2.21 bits per heavy atom. The molecule has 1 amide bonds. The summed E-state index contributed by atoms with van der Waals surface area (Å²) in [5, 5.41) is 12.7. The molecule has 0 saturated carbocycles. The Morgan fingerprint density at radius 1 is 1.00 bits per heavy atom. The van der Waals surface area contributed by atoms with E-state index in [2.05, 4.69) is 5.32 Å². The number of rotatable bonds is 5. The van der Waals surface area contributed by atoms with Gasteiger partial charge < -0.3 is 10.4 Å². The topological polar surface area (TPSA) is 49.3 Å². The lowest BCUT2D eigenvalue weighted by atomic mass is 10.1. The second-order valence-electron chi connectivity index (χ2n) is 4.39. The van der Waals surface area contributed by atoms with Crippen molar-refractivity contribution in [2.24, 2.45) is 0 Å². The number of hydrogen-bond donors (Lipinski definition) is 2. The van der Waals surface area contributed by atoms with E-state index >= 15 is 0 Å². The fourth-order valence-corrected chi connectivity index (χ4v) is 1.85. The van der Waals surface area contributed by atoms with E-state index in [-0.39, 0.29) is 12.5 Å². The standard InChI is InChI=1S/C16H17NO2/c18-15(14-9-5-2-6-10-14)12-17-16(19)11-13-7-3-1-4-8-13/h1-10,15,18H,11-12H2,(H,17,19)/t15-/m0/s1. The van der Waals surface area contributed by atoms with E-state index in [1.54, 1.807) is 0 Å². The minimum Gasteiger partial charge on any atom is -0.387 e. The smallest absolute Gasteiger partial charge is 0.224 e. The highest BCUT2D eigenvalue weighted by molar-refractivity contribution is 5.78. The second-order valence-corrected chi connectivity index (χ2v) is 4.39. The van der Waals surface area contributed by atoms with E-state index in [4.69, 9.17) is 0 Å². The van der Waals surface area contributed by atoms with Crippen LogP contribution in [0, 0.1) is 0 Å². The maximum Gasteiger partial charge on any atom is 0.224 e. The summed E-state index contributed by atoms with van der Waals surface area (Å²) >= 11 is 0. The maximum absolute atomic E-state index is 11.7. The van der Waals surface area contributed by atoms with Crippen LogP contribution < -0.4 is 5.32 Å². The summed E-state index contributed by atoms with van der Waals surface area (Å²) in [7, 11) is 0. The first-order valence-corrected chi connectivity index (χ1v) is 6.29. The highest BCUT2D eigenvalue weighted by atomic mass is 16.3.